The standard InChI is InChI=1S/C21H19NO8/c1-21(30-20(27)12-6-7-17(24)22-10-12)16(23)9-13-8-14(4-3-5-18(25)28-2)29-11-15(13)19(21)26/h6-11H,3-5H2,1-2H3,(H,22,24). The Kier molecular flexibility index (Phi) is 5.81. The number of H-pyrrole nitrogens is 1. The van der Waals surface area contributed by atoms with Gasteiger partial charge in [0.2, 0.25) is 22.7 Å². The van der Waals surface area contributed by atoms with Gasteiger partial charge in [0.05, 0.1) is 18.2 Å². The van der Waals surface area contributed by atoms with Crippen LogP contribution < -0.4 is 5.56 Å². The molecule has 0 radical (unpaired) electrons. The number of hydrogen-bond donors (Lipinski definition) is 1. The third-order valence-electron chi connectivity index (χ3n) is 4.74. The molecule has 0 spiro atoms. The minimum absolute atomic E-state index is 0.00661. The summed E-state index contributed by atoms with van der Waals surface area (Å²) >= 11 is 0. The molecule has 1 N–H and O–H groups in total. The van der Waals surface area contributed by atoms with Gasteiger partial charge in [-0.2, -0.15) is 0 Å². The Hall–Kier alpha value is -3.75. The Labute approximate surface area is 171 Å². The zero-order valence-electron chi connectivity index (χ0n) is 16.4. The number of rotatable bonds is 6. The second kappa shape index (κ2) is 8.32. The van der Waals surface area contributed by atoms with Gasteiger partial charge in [-0.3, -0.25) is 19.2 Å². The van der Waals surface area contributed by atoms with Crippen LogP contribution in [0.2, 0.25) is 0 Å². The Balaban J connectivity index is 1.77. The van der Waals surface area contributed by atoms with E-state index in [0.29, 0.717) is 24.2 Å². The van der Waals surface area contributed by atoms with E-state index in [1.165, 1.54) is 32.4 Å². The molecule has 2 aliphatic rings. The van der Waals surface area contributed by atoms with Crippen LogP contribution in [0.1, 0.15) is 36.5 Å². The molecule has 1 aromatic rings. The first kappa shape index (κ1) is 21.0. The van der Waals surface area contributed by atoms with E-state index in [4.69, 9.17) is 9.47 Å². The van der Waals surface area contributed by atoms with E-state index in [1.54, 1.807) is 6.08 Å². The number of esters is 2. The molecule has 1 aromatic heterocycles. The van der Waals surface area contributed by atoms with E-state index in [1.807, 2.05) is 0 Å². The maximum Gasteiger partial charge on any atom is 0.341 e. The van der Waals surface area contributed by atoms with Crippen molar-refractivity contribution in [3.05, 3.63) is 69.6 Å². The summed E-state index contributed by atoms with van der Waals surface area (Å²) in [6, 6.07) is 2.36. The first-order chi connectivity index (χ1) is 14.2. The van der Waals surface area contributed by atoms with Crippen molar-refractivity contribution in [2.24, 2.45) is 0 Å². The fourth-order valence-corrected chi connectivity index (χ4v) is 2.96. The number of aromatic amines is 1. The lowest BCUT2D eigenvalue weighted by Crippen LogP contribution is -2.50. The van der Waals surface area contributed by atoms with Gasteiger partial charge in [-0.15, -0.1) is 0 Å². The number of fused-ring (bicyclic) bond motifs is 1. The number of hydrogen-bond acceptors (Lipinski definition) is 8. The number of pyridine rings is 1. The van der Waals surface area contributed by atoms with Crippen LogP contribution in [0.3, 0.4) is 0 Å². The highest BCUT2D eigenvalue weighted by molar-refractivity contribution is 6.26. The lowest BCUT2D eigenvalue weighted by atomic mass is 9.80. The number of ketones is 2. The van der Waals surface area contributed by atoms with Crippen molar-refractivity contribution in [1.29, 1.82) is 0 Å². The van der Waals surface area contributed by atoms with Gasteiger partial charge in [-0.1, -0.05) is 0 Å². The number of ether oxygens (including phenoxy) is 3. The smallest absolute Gasteiger partial charge is 0.341 e. The van der Waals surface area contributed by atoms with Crippen LogP contribution in [0.25, 0.3) is 0 Å². The fourth-order valence-electron chi connectivity index (χ4n) is 2.96. The summed E-state index contributed by atoms with van der Waals surface area (Å²) in [5, 5.41) is 0. The monoisotopic (exact) mass is 413 g/mol. The summed E-state index contributed by atoms with van der Waals surface area (Å²) in [5.74, 6) is -2.19. The highest BCUT2D eigenvalue weighted by Gasteiger charge is 2.49. The van der Waals surface area contributed by atoms with E-state index in [0.717, 1.165) is 12.3 Å². The summed E-state index contributed by atoms with van der Waals surface area (Å²) in [4.78, 5) is 62.6. The highest BCUT2D eigenvalue weighted by atomic mass is 16.6. The Morgan fingerprint density at radius 2 is 1.93 bits per heavy atom. The molecule has 1 aliphatic carbocycles. The number of allylic oxidation sites excluding steroid dienone is 3. The second-order valence-electron chi connectivity index (χ2n) is 6.85. The van der Waals surface area contributed by atoms with E-state index >= 15 is 0 Å². The number of methoxy groups -OCH3 is 1. The van der Waals surface area contributed by atoms with Gasteiger partial charge in [-0.25, -0.2) is 4.79 Å². The molecule has 0 aromatic carbocycles. The zero-order chi connectivity index (χ0) is 21.9. The van der Waals surface area contributed by atoms with Gasteiger partial charge in [0.25, 0.3) is 0 Å². The average molecular weight is 413 g/mol. The molecule has 9 nitrogen and oxygen atoms in total. The Morgan fingerprint density at radius 1 is 1.17 bits per heavy atom. The van der Waals surface area contributed by atoms with Crippen molar-refractivity contribution in [1.82, 2.24) is 4.98 Å². The quantitative estimate of drug-likeness (QED) is 0.549. The molecule has 1 atom stereocenters. The van der Waals surface area contributed by atoms with Crippen molar-refractivity contribution in [2.45, 2.75) is 31.8 Å². The van der Waals surface area contributed by atoms with Crippen molar-refractivity contribution in [3.63, 3.8) is 0 Å². The number of Topliss-reactive ketones (excluding diaryl/α,β-unsaturated/α-hetero) is 1. The van der Waals surface area contributed by atoms with Crippen LogP contribution in [-0.4, -0.2) is 41.2 Å². The SMILES string of the molecule is COC(=O)CCCC1=CC2=CC(=O)C(C)(OC(=O)c3ccc(=O)[nH]c3)C(=O)C2=CO1. The summed E-state index contributed by atoms with van der Waals surface area (Å²) in [5.41, 5.74) is -2.02. The predicted octanol–water partition coefficient (Wildman–Crippen LogP) is 1.51. The molecule has 0 saturated heterocycles. The van der Waals surface area contributed by atoms with Crippen LogP contribution >= 0.6 is 0 Å². The predicted molar refractivity (Wildman–Crippen MR) is 102 cm³/mol. The van der Waals surface area contributed by atoms with Gasteiger partial charge >= 0.3 is 11.9 Å². The van der Waals surface area contributed by atoms with Gasteiger partial charge < -0.3 is 19.2 Å². The summed E-state index contributed by atoms with van der Waals surface area (Å²) in [6.45, 7) is 1.21. The molecule has 1 aliphatic heterocycles. The number of carbonyl (C=O) groups is 4. The molecular weight excluding hydrogens is 394 g/mol. The first-order valence-electron chi connectivity index (χ1n) is 9.12. The molecular formula is C21H19NO8. The topological polar surface area (TPSA) is 129 Å². The summed E-state index contributed by atoms with van der Waals surface area (Å²) in [7, 11) is 1.30. The number of aromatic nitrogens is 1. The van der Waals surface area contributed by atoms with Crippen LogP contribution in [0.15, 0.2) is 58.4 Å². The Morgan fingerprint density at radius 3 is 2.60 bits per heavy atom. The normalized spacial score (nSPS) is 20.3. The minimum atomic E-state index is -2.05. The zero-order valence-corrected chi connectivity index (χ0v) is 16.4. The lowest BCUT2D eigenvalue weighted by molar-refractivity contribution is -0.145. The van der Waals surface area contributed by atoms with Gasteiger partial charge in [-0.05, 0) is 37.1 Å². The summed E-state index contributed by atoms with van der Waals surface area (Å²) in [6.07, 6.45) is 6.22. The first-order valence-corrected chi connectivity index (χ1v) is 9.12. The van der Waals surface area contributed by atoms with Crippen molar-refractivity contribution in [2.75, 3.05) is 7.11 Å². The molecule has 2 heterocycles. The molecule has 30 heavy (non-hydrogen) atoms. The average Bonchev–Trinajstić information content (AvgIpc) is 2.72. The fraction of sp³-hybridized carbons (Fsp3) is 0.286. The third-order valence-corrected chi connectivity index (χ3v) is 4.74. The molecule has 3 rings (SSSR count). The summed E-state index contributed by atoms with van der Waals surface area (Å²) < 4.78 is 15.3. The van der Waals surface area contributed by atoms with Crippen LogP contribution in [0, 0.1) is 0 Å². The van der Waals surface area contributed by atoms with Crippen molar-refractivity contribution < 1.29 is 33.4 Å². The maximum absolute atomic E-state index is 12.9. The van der Waals surface area contributed by atoms with E-state index in [2.05, 4.69) is 9.72 Å². The highest BCUT2D eigenvalue weighted by Crippen LogP contribution is 2.34. The van der Waals surface area contributed by atoms with E-state index in [-0.39, 0.29) is 23.5 Å². The van der Waals surface area contributed by atoms with Crippen LogP contribution in [-0.2, 0) is 28.6 Å². The molecule has 156 valence electrons. The van der Waals surface area contributed by atoms with Gasteiger partial charge in [0.1, 0.15) is 12.0 Å². The van der Waals surface area contributed by atoms with Crippen molar-refractivity contribution >= 4 is 23.5 Å². The minimum Gasteiger partial charge on any atom is -0.469 e. The van der Waals surface area contributed by atoms with Crippen LogP contribution in [0.4, 0.5) is 0 Å². The number of nitrogens with one attached hydrogen (secondary N) is 1. The molecule has 0 bridgehead atoms. The molecule has 1 unspecified atom stereocenters. The molecule has 9 heteroatoms. The maximum atomic E-state index is 12.9. The molecule has 0 fully saturated rings. The second-order valence-corrected chi connectivity index (χ2v) is 6.85. The molecule has 0 saturated carbocycles. The van der Waals surface area contributed by atoms with Crippen LogP contribution in [0.5, 0.6) is 0 Å². The Bertz CT molecular complexity index is 1050. The van der Waals surface area contributed by atoms with Crippen molar-refractivity contribution in [3.8, 4) is 0 Å². The third kappa shape index (κ3) is 4.14. The van der Waals surface area contributed by atoms with Gasteiger partial charge in [0.15, 0.2) is 0 Å². The molecule has 0 amide bonds. The number of carbonyl (C=O) groups excluding carboxylic acids is 4. The lowest BCUT2D eigenvalue weighted by Gasteiger charge is -2.31. The van der Waals surface area contributed by atoms with Gasteiger partial charge in [0, 0.05) is 25.1 Å². The van der Waals surface area contributed by atoms with E-state index in [9.17, 15) is 24.0 Å². The largest absolute Gasteiger partial charge is 0.469 e. The van der Waals surface area contributed by atoms with E-state index < -0.39 is 28.7 Å².